The number of amides is 4. The van der Waals surface area contributed by atoms with Gasteiger partial charge in [-0.25, -0.2) is 0 Å². The summed E-state index contributed by atoms with van der Waals surface area (Å²) in [5.74, 6) is -0.534. The summed E-state index contributed by atoms with van der Waals surface area (Å²) >= 11 is 12.1. The van der Waals surface area contributed by atoms with Gasteiger partial charge in [-0.2, -0.15) is 0 Å². The molecule has 2 aromatic carbocycles. The summed E-state index contributed by atoms with van der Waals surface area (Å²) in [6.07, 6.45) is 0.267. The van der Waals surface area contributed by atoms with Crippen molar-refractivity contribution >= 4 is 46.8 Å². The third-order valence-corrected chi connectivity index (χ3v) is 7.10. The lowest BCUT2D eigenvalue weighted by Gasteiger charge is -2.25. The van der Waals surface area contributed by atoms with Gasteiger partial charge in [0.05, 0.1) is 24.9 Å². The molecule has 0 aliphatic heterocycles. The standard InChI is InChI=1S/2C15H22ClN3O2/c1-18(2)13(9-14(20)19(3)4)15(21)17-10-11-7-5-6-8-12(11)16;1-18(2)13(15(21)19(3)4)9-14(20)17-10-11-7-5-6-8-12(11)16/h5-8,13H,9-10H2,1-4H3,(H,17,21);5-8,13H,9-10H2,1-4H3,(H,17,20). The molecule has 2 unspecified atom stereocenters. The number of nitrogens with one attached hydrogen (secondary N) is 2. The van der Waals surface area contributed by atoms with Crippen LogP contribution in [-0.2, 0) is 32.3 Å². The molecular weight excluding hydrogens is 579 g/mol. The molecule has 10 nitrogen and oxygen atoms in total. The number of halogens is 2. The van der Waals surface area contributed by atoms with E-state index in [0.717, 1.165) is 11.1 Å². The molecule has 42 heavy (non-hydrogen) atoms. The van der Waals surface area contributed by atoms with Crippen molar-refractivity contribution in [2.75, 3.05) is 56.4 Å². The molecule has 2 atom stereocenters. The summed E-state index contributed by atoms with van der Waals surface area (Å²) < 4.78 is 0. The molecule has 0 bridgehead atoms. The molecule has 0 radical (unpaired) electrons. The van der Waals surface area contributed by atoms with Gasteiger partial charge in [-0.15, -0.1) is 0 Å². The van der Waals surface area contributed by atoms with E-state index in [1.165, 1.54) is 9.80 Å². The Morgan fingerprint density at radius 2 is 1.10 bits per heavy atom. The molecule has 2 N–H and O–H groups in total. The van der Waals surface area contributed by atoms with Gasteiger partial charge in [0.2, 0.25) is 23.6 Å². The van der Waals surface area contributed by atoms with Crippen LogP contribution < -0.4 is 10.6 Å². The number of benzene rings is 2. The molecule has 0 heterocycles. The molecule has 2 rings (SSSR count). The van der Waals surface area contributed by atoms with Crippen LogP contribution in [0.2, 0.25) is 10.0 Å². The van der Waals surface area contributed by atoms with Gasteiger partial charge in [0, 0.05) is 51.3 Å². The topological polar surface area (TPSA) is 105 Å². The largest absolute Gasteiger partial charge is 0.352 e. The highest BCUT2D eigenvalue weighted by Crippen LogP contribution is 2.15. The third kappa shape index (κ3) is 12.8. The smallest absolute Gasteiger partial charge is 0.239 e. The molecule has 4 amide bonds. The summed E-state index contributed by atoms with van der Waals surface area (Å²) in [7, 11) is 13.8. The zero-order valence-electron chi connectivity index (χ0n) is 25.8. The van der Waals surface area contributed by atoms with Gasteiger partial charge in [-0.3, -0.25) is 29.0 Å². The fourth-order valence-corrected chi connectivity index (χ4v) is 4.08. The molecule has 0 spiro atoms. The Kier molecular flexibility index (Phi) is 16.1. The molecule has 0 aromatic heterocycles. The van der Waals surface area contributed by atoms with Crippen LogP contribution >= 0.6 is 23.2 Å². The Morgan fingerprint density at radius 1 is 0.643 bits per heavy atom. The van der Waals surface area contributed by atoms with Gasteiger partial charge in [-0.1, -0.05) is 59.6 Å². The first kappa shape index (κ1) is 36.8. The van der Waals surface area contributed by atoms with Crippen molar-refractivity contribution in [2.24, 2.45) is 0 Å². The van der Waals surface area contributed by atoms with Crippen molar-refractivity contribution in [3.05, 3.63) is 69.7 Å². The number of carbonyl (C=O) groups excluding carboxylic acids is 4. The van der Waals surface area contributed by atoms with E-state index in [2.05, 4.69) is 10.6 Å². The van der Waals surface area contributed by atoms with E-state index in [1.807, 2.05) is 36.4 Å². The highest BCUT2D eigenvalue weighted by molar-refractivity contribution is 6.31. The third-order valence-electron chi connectivity index (χ3n) is 6.37. The Morgan fingerprint density at radius 3 is 1.50 bits per heavy atom. The Balaban J connectivity index is 0.000000420. The van der Waals surface area contributed by atoms with Crippen molar-refractivity contribution in [3.8, 4) is 0 Å². The first-order valence-corrected chi connectivity index (χ1v) is 14.2. The van der Waals surface area contributed by atoms with Crippen LogP contribution in [0.5, 0.6) is 0 Å². The van der Waals surface area contributed by atoms with E-state index in [4.69, 9.17) is 23.2 Å². The predicted molar refractivity (Wildman–Crippen MR) is 168 cm³/mol. The number of carbonyl (C=O) groups is 4. The molecule has 12 heteroatoms. The minimum absolute atomic E-state index is 0.0819. The number of rotatable bonds is 12. The number of likely N-dealkylation sites (N-methyl/N-ethyl adjacent to an activating group) is 3. The van der Waals surface area contributed by atoms with Crippen LogP contribution in [0, 0.1) is 0 Å². The van der Waals surface area contributed by atoms with Crippen LogP contribution in [0.1, 0.15) is 24.0 Å². The van der Waals surface area contributed by atoms with Gasteiger partial charge in [0.25, 0.3) is 0 Å². The summed E-state index contributed by atoms with van der Waals surface area (Å²) in [4.78, 5) is 54.6. The van der Waals surface area contributed by atoms with E-state index >= 15 is 0 Å². The minimum Gasteiger partial charge on any atom is -0.352 e. The van der Waals surface area contributed by atoms with Crippen molar-refractivity contribution in [1.29, 1.82) is 0 Å². The minimum atomic E-state index is -0.498. The molecule has 0 saturated heterocycles. The first-order valence-electron chi connectivity index (χ1n) is 13.4. The lowest BCUT2D eigenvalue weighted by atomic mass is 10.1. The average molecular weight is 624 g/mol. The SMILES string of the molecule is CN(C)C(=O)C(CC(=O)NCc1ccccc1Cl)N(C)C.CN(C)C(=O)CC(C(=O)NCc1ccccc1Cl)N(C)C. The van der Waals surface area contributed by atoms with Crippen LogP contribution in [0.15, 0.2) is 48.5 Å². The zero-order chi connectivity index (χ0) is 32.0. The fourth-order valence-electron chi connectivity index (χ4n) is 3.67. The van der Waals surface area contributed by atoms with Gasteiger partial charge in [-0.05, 0) is 51.5 Å². The molecule has 232 valence electrons. The Bertz CT molecular complexity index is 1190. The fraction of sp³-hybridized carbons (Fsp3) is 0.467. The first-order chi connectivity index (χ1) is 19.6. The van der Waals surface area contributed by atoms with E-state index in [0.29, 0.717) is 23.1 Å². The lowest BCUT2D eigenvalue weighted by molar-refractivity contribution is -0.136. The molecule has 0 fully saturated rings. The summed E-state index contributed by atoms with van der Waals surface area (Å²) in [6, 6.07) is 13.7. The van der Waals surface area contributed by atoms with Crippen LogP contribution in [0.3, 0.4) is 0 Å². The maximum absolute atomic E-state index is 12.3. The average Bonchev–Trinajstić information content (AvgIpc) is 2.92. The van der Waals surface area contributed by atoms with Gasteiger partial charge >= 0.3 is 0 Å². The highest BCUT2D eigenvalue weighted by atomic mass is 35.5. The summed E-state index contributed by atoms with van der Waals surface area (Å²) in [6.45, 7) is 0.702. The Hall–Kier alpha value is -3.18. The second-order valence-corrected chi connectivity index (χ2v) is 11.4. The van der Waals surface area contributed by atoms with Gasteiger partial charge in [0.15, 0.2) is 0 Å². The number of nitrogens with zero attached hydrogens (tertiary/aromatic N) is 4. The second-order valence-electron chi connectivity index (χ2n) is 10.6. The molecule has 2 aromatic rings. The molecular formula is C30H44Cl2N6O4. The molecule has 0 saturated carbocycles. The quantitative estimate of drug-likeness (QED) is 0.377. The zero-order valence-corrected chi connectivity index (χ0v) is 27.3. The highest BCUT2D eigenvalue weighted by Gasteiger charge is 2.26. The van der Waals surface area contributed by atoms with Crippen molar-refractivity contribution in [1.82, 2.24) is 30.2 Å². The van der Waals surface area contributed by atoms with E-state index in [9.17, 15) is 19.2 Å². The molecule has 0 aliphatic carbocycles. The second kappa shape index (κ2) is 18.4. The number of hydrogen-bond acceptors (Lipinski definition) is 6. The maximum atomic E-state index is 12.3. The number of hydrogen-bond donors (Lipinski definition) is 2. The van der Waals surface area contributed by atoms with Crippen molar-refractivity contribution in [3.63, 3.8) is 0 Å². The van der Waals surface area contributed by atoms with Crippen molar-refractivity contribution in [2.45, 2.75) is 38.0 Å². The van der Waals surface area contributed by atoms with Gasteiger partial charge in [0.1, 0.15) is 0 Å². The van der Waals surface area contributed by atoms with Crippen LogP contribution in [0.4, 0.5) is 0 Å². The summed E-state index contributed by atoms with van der Waals surface area (Å²) in [5.41, 5.74) is 1.71. The monoisotopic (exact) mass is 622 g/mol. The van der Waals surface area contributed by atoms with Crippen LogP contribution in [0.25, 0.3) is 0 Å². The van der Waals surface area contributed by atoms with Crippen molar-refractivity contribution < 1.29 is 19.2 Å². The van der Waals surface area contributed by atoms with E-state index in [-0.39, 0.29) is 36.5 Å². The Labute approximate surface area is 259 Å². The van der Waals surface area contributed by atoms with E-state index < -0.39 is 12.1 Å². The maximum Gasteiger partial charge on any atom is 0.239 e. The van der Waals surface area contributed by atoms with Gasteiger partial charge < -0.3 is 20.4 Å². The normalized spacial score (nSPS) is 12.1. The predicted octanol–water partition coefficient (Wildman–Crippen LogP) is 2.73. The summed E-state index contributed by atoms with van der Waals surface area (Å²) in [5, 5.41) is 6.86. The lowest BCUT2D eigenvalue weighted by Crippen LogP contribution is -2.46. The molecule has 0 aliphatic rings. The van der Waals surface area contributed by atoms with Crippen LogP contribution in [-0.4, -0.2) is 112 Å². The van der Waals surface area contributed by atoms with E-state index in [1.54, 1.807) is 78.3 Å².